The van der Waals surface area contributed by atoms with Gasteiger partial charge in [-0.25, -0.2) is 4.98 Å². The molecule has 25 heavy (non-hydrogen) atoms. The Balaban J connectivity index is 1.43. The maximum Gasteiger partial charge on any atom is 0.124 e. The third kappa shape index (κ3) is 2.67. The first-order valence-corrected chi connectivity index (χ1v) is 9.40. The van der Waals surface area contributed by atoms with Crippen LogP contribution in [0.2, 0.25) is 0 Å². The van der Waals surface area contributed by atoms with Gasteiger partial charge >= 0.3 is 0 Å². The summed E-state index contributed by atoms with van der Waals surface area (Å²) in [5.41, 5.74) is 6.36. The molecule has 1 N–H and O–H groups in total. The molecular weight excluding hydrogens is 310 g/mol. The molecule has 1 saturated carbocycles. The number of rotatable bonds is 4. The van der Waals surface area contributed by atoms with Crippen molar-refractivity contribution in [2.75, 3.05) is 6.54 Å². The minimum absolute atomic E-state index is 0.389. The highest BCUT2D eigenvalue weighted by molar-refractivity contribution is 5.75. The van der Waals surface area contributed by atoms with Gasteiger partial charge in [-0.05, 0) is 56.8 Å². The molecule has 0 bridgehead atoms. The van der Waals surface area contributed by atoms with Crippen LogP contribution in [0.3, 0.4) is 0 Å². The maximum atomic E-state index is 4.88. The molecule has 1 aliphatic carbocycles. The standard InChI is InChI=1S/C20H25N5/c1-13-5-8-16-17(10-13)23-20(22-16)18-4-3-9-25(18)12-15-11-21-24(2)19(15)14-6-7-14/h5,8,10-11,14,18H,3-4,6-7,9,12H2,1-2H3,(H,22,23)/t18-/m0/s1. The highest BCUT2D eigenvalue weighted by atomic mass is 15.3. The number of aromatic nitrogens is 4. The molecule has 5 rings (SSSR count). The molecule has 2 aromatic heterocycles. The number of aromatic amines is 1. The van der Waals surface area contributed by atoms with Gasteiger partial charge in [0.15, 0.2) is 0 Å². The van der Waals surface area contributed by atoms with Gasteiger partial charge < -0.3 is 4.98 Å². The average molecular weight is 335 g/mol. The van der Waals surface area contributed by atoms with Crippen LogP contribution in [0, 0.1) is 6.92 Å². The van der Waals surface area contributed by atoms with Gasteiger partial charge in [-0.1, -0.05) is 6.07 Å². The van der Waals surface area contributed by atoms with Crippen LogP contribution in [-0.4, -0.2) is 31.2 Å². The highest BCUT2D eigenvalue weighted by Crippen LogP contribution is 2.42. The molecule has 5 nitrogen and oxygen atoms in total. The molecule has 3 aromatic rings. The van der Waals surface area contributed by atoms with E-state index in [1.165, 1.54) is 42.5 Å². The SMILES string of the molecule is Cc1ccc2nc([C@@H]3CCCN3Cc3cnn(C)c3C3CC3)[nH]c2c1. The fourth-order valence-electron chi connectivity index (χ4n) is 4.34. The highest BCUT2D eigenvalue weighted by Gasteiger charge is 2.33. The maximum absolute atomic E-state index is 4.88. The van der Waals surface area contributed by atoms with Gasteiger partial charge in [0.2, 0.25) is 0 Å². The van der Waals surface area contributed by atoms with Crippen molar-refractivity contribution >= 4 is 11.0 Å². The summed E-state index contributed by atoms with van der Waals surface area (Å²) in [6.45, 7) is 4.25. The Morgan fingerprint density at radius 3 is 2.96 bits per heavy atom. The Hall–Kier alpha value is -2.14. The van der Waals surface area contributed by atoms with Gasteiger partial charge in [-0.3, -0.25) is 9.58 Å². The van der Waals surface area contributed by atoms with Crippen molar-refractivity contribution in [3.63, 3.8) is 0 Å². The molecule has 0 unspecified atom stereocenters. The van der Waals surface area contributed by atoms with E-state index in [0.29, 0.717) is 6.04 Å². The topological polar surface area (TPSA) is 49.7 Å². The van der Waals surface area contributed by atoms with Crippen molar-refractivity contribution in [3.8, 4) is 0 Å². The van der Waals surface area contributed by atoms with E-state index in [9.17, 15) is 0 Å². The second-order valence-electron chi connectivity index (χ2n) is 7.72. The van der Waals surface area contributed by atoms with Crippen LogP contribution in [0.25, 0.3) is 11.0 Å². The molecule has 3 heterocycles. The van der Waals surface area contributed by atoms with Crippen LogP contribution in [0.15, 0.2) is 24.4 Å². The van der Waals surface area contributed by atoms with E-state index in [2.05, 4.69) is 58.0 Å². The van der Waals surface area contributed by atoms with Crippen molar-refractivity contribution in [2.45, 2.75) is 51.1 Å². The molecule has 0 radical (unpaired) electrons. The van der Waals surface area contributed by atoms with Crippen molar-refractivity contribution in [1.29, 1.82) is 0 Å². The zero-order valence-corrected chi connectivity index (χ0v) is 15.0. The summed E-state index contributed by atoms with van der Waals surface area (Å²) < 4.78 is 2.09. The quantitative estimate of drug-likeness (QED) is 0.788. The summed E-state index contributed by atoms with van der Waals surface area (Å²) >= 11 is 0. The van der Waals surface area contributed by atoms with Gasteiger partial charge in [-0.2, -0.15) is 5.10 Å². The van der Waals surface area contributed by atoms with E-state index >= 15 is 0 Å². The van der Waals surface area contributed by atoms with Crippen LogP contribution >= 0.6 is 0 Å². The lowest BCUT2D eigenvalue weighted by Gasteiger charge is -2.23. The third-order valence-electron chi connectivity index (χ3n) is 5.74. The smallest absolute Gasteiger partial charge is 0.124 e. The summed E-state index contributed by atoms with van der Waals surface area (Å²) in [7, 11) is 2.08. The number of benzene rings is 1. The lowest BCUT2D eigenvalue weighted by Crippen LogP contribution is -2.24. The van der Waals surface area contributed by atoms with Gasteiger partial charge in [0.25, 0.3) is 0 Å². The van der Waals surface area contributed by atoms with Crippen LogP contribution in [0.4, 0.5) is 0 Å². The van der Waals surface area contributed by atoms with E-state index in [1.54, 1.807) is 0 Å². The summed E-state index contributed by atoms with van der Waals surface area (Å²) in [5, 5.41) is 4.53. The second kappa shape index (κ2) is 5.70. The number of fused-ring (bicyclic) bond motifs is 1. The Kier molecular flexibility index (Phi) is 3.45. The number of imidazole rings is 1. The largest absolute Gasteiger partial charge is 0.341 e. The third-order valence-corrected chi connectivity index (χ3v) is 5.74. The normalized spacial score (nSPS) is 21.4. The average Bonchev–Trinajstić information content (AvgIpc) is 3.02. The number of hydrogen-bond donors (Lipinski definition) is 1. The molecule has 2 fully saturated rings. The Labute approximate surface area is 148 Å². The number of nitrogens with one attached hydrogen (secondary N) is 1. The predicted molar refractivity (Wildman–Crippen MR) is 98.4 cm³/mol. The first-order chi connectivity index (χ1) is 12.2. The van der Waals surface area contributed by atoms with Crippen LogP contribution < -0.4 is 0 Å². The summed E-state index contributed by atoms with van der Waals surface area (Å²) in [4.78, 5) is 11.0. The number of aryl methyl sites for hydroxylation is 2. The molecule has 0 amide bonds. The molecule has 2 aliphatic rings. The fraction of sp³-hybridized carbons (Fsp3) is 0.500. The fourth-order valence-corrected chi connectivity index (χ4v) is 4.34. The zero-order valence-electron chi connectivity index (χ0n) is 15.0. The van der Waals surface area contributed by atoms with Gasteiger partial charge in [0, 0.05) is 30.8 Å². The van der Waals surface area contributed by atoms with Crippen LogP contribution in [-0.2, 0) is 13.6 Å². The van der Waals surface area contributed by atoms with E-state index in [1.807, 2.05) is 0 Å². The van der Waals surface area contributed by atoms with E-state index in [-0.39, 0.29) is 0 Å². The van der Waals surface area contributed by atoms with Crippen LogP contribution in [0.1, 0.15) is 60.3 Å². The predicted octanol–water partition coefficient (Wildman–Crippen LogP) is 3.82. The first-order valence-electron chi connectivity index (χ1n) is 9.40. The molecular formula is C20H25N5. The van der Waals surface area contributed by atoms with Crippen molar-refractivity contribution in [3.05, 3.63) is 47.0 Å². The minimum Gasteiger partial charge on any atom is -0.341 e. The summed E-state index contributed by atoms with van der Waals surface area (Å²) in [6, 6.07) is 6.84. The molecule has 1 aromatic carbocycles. The van der Waals surface area contributed by atoms with Gasteiger partial charge in [0.1, 0.15) is 5.82 Å². The van der Waals surface area contributed by atoms with E-state index < -0.39 is 0 Å². The van der Waals surface area contributed by atoms with E-state index in [0.717, 1.165) is 35.9 Å². The summed E-state index contributed by atoms with van der Waals surface area (Å²) in [6.07, 6.45) is 7.13. The lowest BCUT2D eigenvalue weighted by molar-refractivity contribution is 0.240. The number of H-pyrrole nitrogens is 1. The lowest BCUT2D eigenvalue weighted by atomic mass is 10.1. The first kappa shape index (κ1) is 15.1. The monoisotopic (exact) mass is 335 g/mol. The molecule has 1 aliphatic heterocycles. The molecule has 1 atom stereocenters. The summed E-state index contributed by atoms with van der Waals surface area (Å²) in [5.74, 6) is 1.85. The zero-order chi connectivity index (χ0) is 17.0. The number of hydrogen-bond acceptors (Lipinski definition) is 3. The molecule has 0 spiro atoms. The van der Waals surface area contributed by atoms with Crippen LogP contribution in [0.5, 0.6) is 0 Å². The number of nitrogens with zero attached hydrogens (tertiary/aromatic N) is 4. The molecule has 5 heteroatoms. The molecule has 130 valence electrons. The Morgan fingerprint density at radius 1 is 1.24 bits per heavy atom. The van der Waals surface area contributed by atoms with E-state index in [4.69, 9.17) is 4.98 Å². The Morgan fingerprint density at radius 2 is 2.12 bits per heavy atom. The van der Waals surface area contributed by atoms with Gasteiger partial charge in [0.05, 0.1) is 23.3 Å². The second-order valence-corrected chi connectivity index (χ2v) is 7.72. The number of likely N-dealkylation sites (tertiary alicyclic amines) is 1. The van der Waals surface area contributed by atoms with Gasteiger partial charge in [-0.15, -0.1) is 0 Å². The Bertz CT molecular complexity index is 917. The molecule has 1 saturated heterocycles. The van der Waals surface area contributed by atoms with Crippen molar-refractivity contribution < 1.29 is 0 Å². The minimum atomic E-state index is 0.389. The van der Waals surface area contributed by atoms with Crippen molar-refractivity contribution in [1.82, 2.24) is 24.6 Å². The van der Waals surface area contributed by atoms with Crippen molar-refractivity contribution in [2.24, 2.45) is 7.05 Å².